The third kappa shape index (κ3) is 2.69. The van der Waals surface area contributed by atoms with E-state index in [0.29, 0.717) is 0 Å². The Morgan fingerprint density at radius 2 is 1.86 bits per heavy atom. The molecule has 0 aliphatic rings. The Bertz CT molecular complexity index is 285. The van der Waals surface area contributed by atoms with Gasteiger partial charge in [-0.2, -0.15) is 8.78 Å². The molecule has 0 saturated carbocycles. The van der Waals surface area contributed by atoms with Gasteiger partial charge in [0.1, 0.15) is 0 Å². The van der Waals surface area contributed by atoms with Crippen LogP contribution in [-0.2, 0) is 5.92 Å². The van der Waals surface area contributed by atoms with Crippen molar-refractivity contribution in [1.82, 2.24) is 5.32 Å². The van der Waals surface area contributed by atoms with Crippen LogP contribution in [0, 0.1) is 0 Å². The molecule has 0 unspecified atom stereocenters. The van der Waals surface area contributed by atoms with E-state index in [1.165, 1.54) is 19.2 Å². The van der Waals surface area contributed by atoms with Crippen LogP contribution in [0.15, 0.2) is 29.2 Å². The lowest BCUT2D eigenvalue weighted by molar-refractivity contribution is -0.00130. The van der Waals surface area contributed by atoms with Crippen LogP contribution in [0.3, 0.4) is 0 Å². The van der Waals surface area contributed by atoms with Crippen LogP contribution in [0.25, 0.3) is 0 Å². The predicted octanol–water partition coefficient (Wildman–Crippen LogP) is 2.72. The topological polar surface area (TPSA) is 12.0 Å². The molecule has 1 rings (SSSR count). The Morgan fingerprint density at radius 1 is 1.29 bits per heavy atom. The minimum atomic E-state index is -2.79. The van der Waals surface area contributed by atoms with Gasteiger partial charge in [-0.05, 0) is 25.4 Å². The molecule has 0 spiro atoms. The summed E-state index contributed by atoms with van der Waals surface area (Å²) >= 11 is 1.54. The molecule has 0 radical (unpaired) electrons. The van der Waals surface area contributed by atoms with E-state index in [4.69, 9.17) is 0 Å². The first kappa shape index (κ1) is 11.5. The van der Waals surface area contributed by atoms with Crippen LogP contribution in [-0.4, -0.2) is 19.8 Å². The molecular formula is C10H13F2NS. The van der Waals surface area contributed by atoms with E-state index in [1.807, 2.05) is 6.26 Å². The largest absolute Gasteiger partial charge is 0.314 e. The van der Waals surface area contributed by atoms with Crippen LogP contribution in [0.2, 0.25) is 0 Å². The van der Waals surface area contributed by atoms with Crippen molar-refractivity contribution in [2.45, 2.75) is 10.8 Å². The van der Waals surface area contributed by atoms with Gasteiger partial charge in [0.25, 0.3) is 5.92 Å². The maximum Gasteiger partial charge on any atom is 0.285 e. The Hall–Kier alpha value is -0.610. The molecule has 0 aliphatic carbocycles. The number of alkyl halides is 2. The molecule has 0 aromatic heterocycles. The standard InChI is InChI=1S/C10H13F2NS/c1-13-7-10(11,12)8-3-5-9(14-2)6-4-8/h3-6,13H,7H2,1-2H3. The maximum absolute atomic E-state index is 13.3. The number of hydrogen-bond donors (Lipinski definition) is 1. The summed E-state index contributed by atoms with van der Waals surface area (Å²) in [6, 6.07) is 6.37. The fourth-order valence-electron chi connectivity index (χ4n) is 1.16. The van der Waals surface area contributed by atoms with Crippen LogP contribution in [0.4, 0.5) is 8.78 Å². The molecule has 0 amide bonds. The van der Waals surface area contributed by atoms with Crippen LogP contribution in [0.1, 0.15) is 5.56 Å². The van der Waals surface area contributed by atoms with E-state index in [2.05, 4.69) is 5.32 Å². The molecular weight excluding hydrogens is 204 g/mol. The quantitative estimate of drug-likeness (QED) is 0.778. The van der Waals surface area contributed by atoms with Gasteiger partial charge >= 0.3 is 0 Å². The van der Waals surface area contributed by atoms with E-state index in [9.17, 15) is 8.78 Å². The van der Waals surface area contributed by atoms with Gasteiger partial charge in [0.2, 0.25) is 0 Å². The van der Waals surface area contributed by atoms with Crippen LogP contribution in [0.5, 0.6) is 0 Å². The van der Waals surface area contributed by atoms with E-state index >= 15 is 0 Å². The van der Waals surface area contributed by atoms with Gasteiger partial charge in [0, 0.05) is 10.5 Å². The average Bonchev–Trinajstić information content (AvgIpc) is 2.18. The van der Waals surface area contributed by atoms with Crippen molar-refractivity contribution in [2.75, 3.05) is 19.8 Å². The Balaban J connectivity index is 2.85. The van der Waals surface area contributed by atoms with Gasteiger partial charge in [-0.15, -0.1) is 11.8 Å². The monoisotopic (exact) mass is 217 g/mol. The molecule has 1 N–H and O–H groups in total. The maximum atomic E-state index is 13.3. The van der Waals surface area contributed by atoms with Crippen molar-refractivity contribution < 1.29 is 8.78 Å². The number of hydrogen-bond acceptors (Lipinski definition) is 2. The first-order chi connectivity index (χ1) is 6.60. The van der Waals surface area contributed by atoms with E-state index in [0.717, 1.165) is 4.90 Å². The van der Waals surface area contributed by atoms with Gasteiger partial charge in [0.15, 0.2) is 0 Å². The molecule has 1 aromatic carbocycles. The molecule has 14 heavy (non-hydrogen) atoms. The Morgan fingerprint density at radius 3 is 2.29 bits per heavy atom. The summed E-state index contributed by atoms with van der Waals surface area (Å²) in [5.41, 5.74) is 0.0599. The second-order valence-corrected chi connectivity index (χ2v) is 3.84. The molecule has 0 bridgehead atoms. The van der Waals surface area contributed by atoms with Crippen molar-refractivity contribution in [3.05, 3.63) is 29.8 Å². The predicted molar refractivity (Wildman–Crippen MR) is 56.0 cm³/mol. The molecule has 0 atom stereocenters. The van der Waals surface area contributed by atoms with Crippen molar-refractivity contribution in [1.29, 1.82) is 0 Å². The van der Waals surface area contributed by atoms with E-state index in [-0.39, 0.29) is 12.1 Å². The zero-order valence-corrected chi connectivity index (χ0v) is 9.00. The Labute approximate surface area is 86.9 Å². The normalized spacial score (nSPS) is 11.7. The molecule has 0 aliphatic heterocycles. The van der Waals surface area contributed by atoms with Crippen molar-refractivity contribution in [3.8, 4) is 0 Å². The summed E-state index contributed by atoms with van der Waals surface area (Å²) in [6.07, 6.45) is 1.92. The number of halogens is 2. The lowest BCUT2D eigenvalue weighted by Crippen LogP contribution is -2.27. The van der Waals surface area contributed by atoms with Crippen LogP contribution >= 0.6 is 11.8 Å². The summed E-state index contributed by atoms with van der Waals surface area (Å²) < 4.78 is 26.6. The molecule has 1 aromatic rings. The number of likely N-dealkylation sites (N-methyl/N-ethyl adjacent to an activating group) is 1. The number of nitrogens with one attached hydrogen (secondary N) is 1. The highest BCUT2D eigenvalue weighted by atomic mass is 32.2. The van der Waals surface area contributed by atoms with Gasteiger partial charge in [-0.25, -0.2) is 0 Å². The molecule has 0 heterocycles. The minimum Gasteiger partial charge on any atom is -0.314 e. The first-order valence-corrected chi connectivity index (χ1v) is 5.49. The second-order valence-electron chi connectivity index (χ2n) is 2.96. The molecule has 1 nitrogen and oxygen atoms in total. The fourth-order valence-corrected chi connectivity index (χ4v) is 1.57. The lowest BCUT2D eigenvalue weighted by Gasteiger charge is -2.16. The lowest BCUT2D eigenvalue weighted by atomic mass is 10.1. The summed E-state index contributed by atoms with van der Waals surface area (Å²) in [6.45, 7) is -0.328. The number of benzene rings is 1. The van der Waals surface area contributed by atoms with Gasteiger partial charge in [0.05, 0.1) is 6.54 Å². The SMILES string of the molecule is CNCC(F)(F)c1ccc(SC)cc1. The first-order valence-electron chi connectivity index (χ1n) is 4.27. The third-order valence-corrected chi connectivity index (χ3v) is 2.65. The van der Waals surface area contributed by atoms with E-state index < -0.39 is 5.92 Å². The smallest absolute Gasteiger partial charge is 0.285 e. The fraction of sp³-hybridized carbons (Fsp3) is 0.400. The molecule has 4 heteroatoms. The highest BCUT2D eigenvalue weighted by Crippen LogP contribution is 2.28. The van der Waals surface area contributed by atoms with Crippen molar-refractivity contribution >= 4 is 11.8 Å². The van der Waals surface area contributed by atoms with Gasteiger partial charge < -0.3 is 5.32 Å². The van der Waals surface area contributed by atoms with Crippen molar-refractivity contribution in [3.63, 3.8) is 0 Å². The molecule has 78 valence electrons. The highest BCUT2D eigenvalue weighted by Gasteiger charge is 2.30. The average molecular weight is 217 g/mol. The van der Waals surface area contributed by atoms with Gasteiger partial charge in [-0.3, -0.25) is 0 Å². The molecule has 0 saturated heterocycles. The number of thioether (sulfide) groups is 1. The third-order valence-electron chi connectivity index (χ3n) is 1.91. The zero-order chi connectivity index (χ0) is 10.6. The van der Waals surface area contributed by atoms with E-state index in [1.54, 1.807) is 23.9 Å². The summed E-state index contributed by atoms with van der Waals surface area (Å²) in [7, 11) is 1.52. The molecule has 0 fully saturated rings. The van der Waals surface area contributed by atoms with Crippen molar-refractivity contribution in [2.24, 2.45) is 0 Å². The summed E-state index contributed by atoms with van der Waals surface area (Å²) in [4.78, 5) is 0.994. The highest BCUT2D eigenvalue weighted by molar-refractivity contribution is 7.98. The summed E-state index contributed by atoms with van der Waals surface area (Å²) in [5, 5.41) is 2.48. The van der Waals surface area contributed by atoms with Gasteiger partial charge in [-0.1, -0.05) is 12.1 Å². The number of rotatable bonds is 4. The Kier molecular flexibility index (Phi) is 3.89. The van der Waals surface area contributed by atoms with Crippen LogP contribution < -0.4 is 5.32 Å². The summed E-state index contributed by atoms with van der Waals surface area (Å²) in [5.74, 6) is -2.79. The minimum absolute atomic E-state index is 0.0599. The second kappa shape index (κ2) is 4.75. The zero-order valence-electron chi connectivity index (χ0n) is 8.18.